The standard InChI is InChI=1S/C12H12BrNO/c1-15-9-4-2-3-8-11(9)10(7-5-6-7)12(13)14-8/h2-4,7,14H,5-6H2,1H3. The minimum Gasteiger partial charge on any atom is -0.496 e. The van der Waals surface area contributed by atoms with Crippen LogP contribution in [0.5, 0.6) is 5.75 Å². The van der Waals surface area contributed by atoms with E-state index in [2.05, 4.69) is 27.0 Å². The number of aromatic amines is 1. The van der Waals surface area contributed by atoms with Gasteiger partial charge in [-0.1, -0.05) is 6.07 Å². The molecule has 0 unspecified atom stereocenters. The Balaban J connectivity index is 2.35. The molecule has 1 aliphatic carbocycles. The largest absolute Gasteiger partial charge is 0.496 e. The van der Waals surface area contributed by atoms with Crippen molar-refractivity contribution in [2.45, 2.75) is 18.8 Å². The third kappa shape index (κ3) is 1.37. The van der Waals surface area contributed by atoms with Gasteiger partial charge in [0.25, 0.3) is 0 Å². The third-order valence-electron chi connectivity index (χ3n) is 2.98. The highest BCUT2D eigenvalue weighted by Crippen LogP contribution is 2.48. The van der Waals surface area contributed by atoms with E-state index >= 15 is 0 Å². The molecule has 0 spiro atoms. The predicted octanol–water partition coefficient (Wildman–Crippen LogP) is 3.82. The summed E-state index contributed by atoms with van der Waals surface area (Å²) in [5.74, 6) is 1.68. The van der Waals surface area contributed by atoms with Gasteiger partial charge in [0.2, 0.25) is 0 Å². The second kappa shape index (κ2) is 3.27. The quantitative estimate of drug-likeness (QED) is 0.878. The Labute approximate surface area is 96.8 Å². The fraction of sp³-hybridized carbons (Fsp3) is 0.333. The summed E-state index contributed by atoms with van der Waals surface area (Å²) >= 11 is 3.60. The molecule has 1 N–H and O–H groups in total. The maximum atomic E-state index is 5.42. The highest BCUT2D eigenvalue weighted by molar-refractivity contribution is 9.10. The number of hydrogen-bond donors (Lipinski definition) is 1. The summed E-state index contributed by atoms with van der Waals surface area (Å²) in [6, 6.07) is 6.13. The molecule has 3 rings (SSSR count). The van der Waals surface area contributed by atoms with Crippen molar-refractivity contribution in [3.8, 4) is 5.75 Å². The number of aromatic nitrogens is 1. The minimum atomic E-state index is 0.712. The van der Waals surface area contributed by atoms with Crippen LogP contribution in [0.2, 0.25) is 0 Å². The first-order chi connectivity index (χ1) is 7.31. The van der Waals surface area contributed by atoms with Gasteiger partial charge in [-0.25, -0.2) is 0 Å². The Kier molecular flexibility index (Phi) is 2.02. The first-order valence-electron chi connectivity index (χ1n) is 5.15. The van der Waals surface area contributed by atoms with Gasteiger partial charge in [-0.15, -0.1) is 0 Å². The van der Waals surface area contributed by atoms with Gasteiger partial charge in [0, 0.05) is 5.39 Å². The predicted molar refractivity (Wildman–Crippen MR) is 64.5 cm³/mol. The molecule has 0 aliphatic heterocycles. The minimum absolute atomic E-state index is 0.712. The first kappa shape index (κ1) is 9.28. The first-order valence-corrected chi connectivity index (χ1v) is 5.94. The molecule has 0 amide bonds. The Morgan fingerprint density at radius 1 is 1.40 bits per heavy atom. The van der Waals surface area contributed by atoms with Crippen LogP contribution >= 0.6 is 15.9 Å². The lowest BCUT2D eigenvalue weighted by Gasteiger charge is -2.03. The van der Waals surface area contributed by atoms with Crippen molar-refractivity contribution in [3.05, 3.63) is 28.4 Å². The van der Waals surface area contributed by atoms with Gasteiger partial charge in [0.1, 0.15) is 5.75 Å². The van der Waals surface area contributed by atoms with Gasteiger partial charge in [-0.2, -0.15) is 0 Å². The van der Waals surface area contributed by atoms with E-state index in [1.165, 1.54) is 23.8 Å². The summed E-state index contributed by atoms with van der Waals surface area (Å²) in [7, 11) is 1.73. The topological polar surface area (TPSA) is 25.0 Å². The molecular formula is C12H12BrNO. The summed E-state index contributed by atoms with van der Waals surface area (Å²) in [6.45, 7) is 0. The number of halogens is 1. The fourth-order valence-corrected chi connectivity index (χ4v) is 2.87. The summed E-state index contributed by atoms with van der Waals surface area (Å²) in [4.78, 5) is 3.36. The highest BCUT2D eigenvalue weighted by atomic mass is 79.9. The Hall–Kier alpha value is -0.960. The number of rotatable bonds is 2. The number of ether oxygens (including phenoxy) is 1. The molecule has 2 aromatic rings. The lowest BCUT2D eigenvalue weighted by molar-refractivity contribution is 0.419. The molecule has 0 saturated heterocycles. The van der Waals surface area contributed by atoms with Crippen molar-refractivity contribution in [3.63, 3.8) is 0 Å². The summed E-state index contributed by atoms with van der Waals surface area (Å²) in [6.07, 6.45) is 2.59. The molecule has 1 aliphatic rings. The van der Waals surface area contributed by atoms with E-state index in [4.69, 9.17) is 4.74 Å². The van der Waals surface area contributed by atoms with Crippen LogP contribution in [0.15, 0.2) is 22.8 Å². The van der Waals surface area contributed by atoms with Gasteiger partial charge in [-0.05, 0) is 52.4 Å². The normalized spacial score (nSPS) is 15.9. The number of nitrogens with one attached hydrogen (secondary N) is 1. The molecule has 1 heterocycles. The number of benzene rings is 1. The molecule has 78 valence electrons. The molecule has 3 heteroatoms. The van der Waals surface area contributed by atoms with Gasteiger partial charge >= 0.3 is 0 Å². The third-order valence-corrected chi connectivity index (χ3v) is 3.61. The van der Waals surface area contributed by atoms with E-state index in [0.717, 1.165) is 15.9 Å². The zero-order valence-electron chi connectivity index (χ0n) is 8.51. The van der Waals surface area contributed by atoms with Crippen molar-refractivity contribution in [1.82, 2.24) is 4.98 Å². The second-order valence-electron chi connectivity index (χ2n) is 4.01. The fourth-order valence-electron chi connectivity index (χ4n) is 2.13. The molecule has 1 aromatic carbocycles. The molecule has 0 radical (unpaired) electrons. The maximum absolute atomic E-state index is 5.42. The van der Waals surface area contributed by atoms with E-state index < -0.39 is 0 Å². The van der Waals surface area contributed by atoms with Crippen LogP contribution in [0.4, 0.5) is 0 Å². The van der Waals surface area contributed by atoms with Crippen molar-refractivity contribution in [2.24, 2.45) is 0 Å². The van der Waals surface area contributed by atoms with E-state index in [1.807, 2.05) is 12.1 Å². The molecule has 15 heavy (non-hydrogen) atoms. The van der Waals surface area contributed by atoms with Crippen LogP contribution in [0, 0.1) is 0 Å². The smallest absolute Gasteiger partial charge is 0.128 e. The Morgan fingerprint density at radius 3 is 2.87 bits per heavy atom. The summed E-state index contributed by atoms with van der Waals surface area (Å²) in [5.41, 5.74) is 2.55. The average molecular weight is 266 g/mol. The van der Waals surface area contributed by atoms with Crippen LogP contribution in [0.3, 0.4) is 0 Å². The second-order valence-corrected chi connectivity index (χ2v) is 4.80. The zero-order valence-corrected chi connectivity index (χ0v) is 10.1. The number of hydrogen-bond acceptors (Lipinski definition) is 1. The molecule has 0 bridgehead atoms. The zero-order chi connectivity index (χ0) is 10.4. The van der Waals surface area contributed by atoms with Crippen LogP contribution in [-0.4, -0.2) is 12.1 Å². The van der Waals surface area contributed by atoms with Gasteiger partial charge in [-0.3, -0.25) is 0 Å². The lowest BCUT2D eigenvalue weighted by Crippen LogP contribution is -1.85. The SMILES string of the molecule is COc1cccc2[nH]c(Br)c(C3CC3)c12. The average Bonchev–Trinajstić information content (AvgIpc) is 3.00. The Bertz CT molecular complexity index is 514. The maximum Gasteiger partial charge on any atom is 0.128 e. The van der Waals surface area contributed by atoms with Crippen LogP contribution in [0.1, 0.15) is 24.3 Å². The molecule has 0 atom stereocenters. The highest BCUT2D eigenvalue weighted by Gasteiger charge is 2.30. The summed E-state index contributed by atoms with van der Waals surface area (Å²) < 4.78 is 6.53. The van der Waals surface area contributed by atoms with E-state index in [-0.39, 0.29) is 0 Å². The molecular weight excluding hydrogens is 254 g/mol. The monoisotopic (exact) mass is 265 g/mol. The van der Waals surface area contributed by atoms with Crippen molar-refractivity contribution >= 4 is 26.8 Å². The van der Waals surface area contributed by atoms with E-state index in [0.29, 0.717) is 5.92 Å². The Morgan fingerprint density at radius 2 is 2.20 bits per heavy atom. The number of fused-ring (bicyclic) bond motifs is 1. The van der Waals surface area contributed by atoms with Crippen molar-refractivity contribution < 1.29 is 4.74 Å². The number of methoxy groups -OCH3 is 1. The number of H-pyrrole nitrogens is 1. The van der Waals surface area contributed by atoms with Gasteiger partial charge in [0.05, 0.1) is 17.2 Å². The summed E-state index contributed by atoms with van der Waals surface area (Å²) in [5, 5.41) is 1.24. The van der Waals surface area contributed by atoms with Crippen LogP contribution in [0.25, 0.3) is 10.9 Å². The molecule has 2 nitrogen and oxygen atoms in total. The van der Waals surface area contributed by atoms with Gasteiger partial charge in [0.15, 0.2) is 0 Å². The van der Waals surface area contributed by atoms with Crippen LogP contribution < -0.4 is 4.74 Å². The van der Waals surface area contributed by atoms with Crippen molar-refractivity contribution in [2.75, 3.05) is 7.11 Å². The molecule has 1 fully saturated rings. The lowest BCUT2D eigenvalue weighted by atomic mass is 10.1. The van der Waals surface area contributed by atoms with Crippen LogP contribution in [-0.2, 0) is 0 Å². The van der Waals surface area contributed by atoms with E-state index in [9.17, 15) is 0 Å². The van der Waals surface area contributed by atoms with Crippen molar-refractivity contribution in [1.29, 1.82) is 0 Å². The molecule has 1 aromatic heterocycles. The van der Waals surface area contributed by atoms with Gasteiger partial charge < -0.3 is 9.72 Å². The van der Waals surface area contributed by atoms with E-state index in [1.54, 1.807) is 7.11 Å². The molecule has 1 saturated carbocycles.